The van der Waals surface area contributed by atoms with E-state index in [1.165, 1.54) is 9.08 Å². The van der Waals surface area contributed by atoms with Crippen LogP contribution in [0.4, 0.5) is 0 Å². The molecule has 0 radical (unpaired) electrons. The molecule has 2 aromatic heterocycles. The minimum atomic E-state index is -0.825. The predicted molar refractivity (Wildman–Crippen MR) is 94.4 cm³/mol. The Labute approximate surface area is 154 Å². The Morgan fingerprint density at radius 3 is 2.81 bits per heavy atom. The van der Waals surface area contributed by atoms with Crippen LogP contribution in [0.1, 0.15) is 24.0 Å². The molecule has 0 unspecified atom stereocenters. The molecule has 0 bridgehead atoms. The molecule has 3 atom stereocenters. The van der Waals surface area contributed by atoms with E-state index in [1.54, 1.807) is 6.20 Å². The summed E-state index contributed by atoms with van der Waals surface area (Å²) in [5.74, 6) is 1.08. The Morgan fingerprint density at radius 1 is 1.33 bits per heavy atom. The Bertz CT molecular complexity index is 1000. The second-order valence-corrected chi connectivity index (χ2v) is 6.48. The van der Waals surface area contributed by atoms with Crippen LogP contribution in [0.15, 0.2) is 41.3 Å². The Morgan fingerprint density at radius 2 is 2.11 bits per heavy atom. The molecule has 9 heteroatoms. The average molecular weight is 372 g/mol. The van der Waals surface area contributed by atoms with Gasteiger partial charge in [0.05, 0.1) is 12.7 Å². The molecule has 0 aliphatic carbocycles. The molecular formula is C18H20N4O5. The van der Waals surface area contributed by atoms with Crippen molar-refractivity contribution in [2.75, 3.05) is 6.61 Å². The third-order valence-corrected chi connectivity index (χ3v) is 4.54. The van der Waals surface area contributed by atoms with Crippen molar-refractivity contribution >= 4 is 5.65 Å². The first-order valence-electron chi connectivity index (χ1n) is 8.66. The molecule has 3 heterocycles. The van der Waals surface area contributed by atoms with Gasteiger partial charge in [0.2, 0.25) is 0 Å². The molecule has 4 rings (SSSR count). The summed E-state index contributed by atoms with van der Waals surface area (Å²) < 4.78 is 13.8. The zero-order valence-corrected chi connectivity index (χ0v) is 14.7. The molecule has 1 fully saturated rings. The number of nitrogens with zero attached hydrogens (tertiary/aromatic N) is 4. The first-order valence-corrected chi connectivity index (χ1v) is 8.66. The molecule has 1 aliphatic rings. The number of ether oxygens (including phenoxy) is 2. The molecule has 9 nitrogen and oxygen atoms in total. The number of aliphatic hydroxyl groups excluding tert-OH is 2. The van der Waals surface area contributed by atoms with Gasteiger partial charge in [-0.1, -0.05) is 18.2 Å². The lowest BCUT2D eigenvalue weighted by atomic mass is 10.2. The fourth-order valence-electron chi connectivity index (χ4n) is 3.16. The van der Waals surface area contributed by atoms with Crippen molar-refractivity contribution < 1.29 is 19.7 Å². The average Bonchev–Trinajstić information content (AvgIpc) is 3.28. The van der Waals surface area contributed by atoms with Crippen LogP contribution in [0.2, 0.25) is 0 Å². The zero-order valence-electron chi connectivity index (χ0n) is 14.7. The van der Waals surface area contributed by atoms with Crippen LogP contribution in [0.5, 0.6) is 5.75 Å². The molecule has 1 aliphatic heterocycles. The maximum Gasteiger partial charge on any atom is 0.352 e. The quantitative estimate of drug-likeness (QED) is 0.668. The highest BCUT2D eigenvalue weighted by molar-refractivity contribution is 5.44. The van der Waals surface area contributed by atoms with Crippen LogP contribution in [0.3, 0.4) is 0 Å². The Hall–Kier alpha value is -2.75. The summed E-state index contributed by atoms with van der Waals surface area (Å²) >= 11 is 0. The molecule has 0 saturated carbocycles. The number of aliphatic hydroxyl groups is 2. The van der Waals surface area contributed by atoms with Crippen molar-refractivity contribution in [2.24, 2.45) is 0 Å². The monoisotopic (exact) mass is 372 g/mol. The second kappa shape index (κ2) is 7.10. The summed E-state index contributed by atoms with van der Waals surface area (Å²) in [5, 5.41) is 23.4. The molecule has 0 amide bonds. The second-order valence-electron chi connectivity index (χ2n) is 6.48. The Balaban J connectivity index is 1.63. The van der Waals surface area contributed by atoms with Crippen molar-refractivity contribution in [1.82, 2.24) is 19.2 Å². The van der Waals surface area contributed by atoms with Crippen LogP contribution in [0, 0.1) is 6.92 Å². The van der Waals surface area contributed by atoms with E-state index in [0.717, 1.165) is 5.56 Å². The van der Waals surface area contributed by atoms with Crippen molar-refractivity contribution in [1.29, 1.82) is 0 Å². The van der Waals surface area contributed by atoms with Crippen LogP contribution in [0.25, 0.3) is 5.65 Å². The van der Waals surface area contributed by atoms with Gasteiger partial charge in [0.15, 0.2) is 11.5 Å². The fraction of sp³-hybridized carbons (Fsp3) is 0.389. The molecule has 27 heavy (non-hydrogen) atoms. The van der Waals surface area contributed by atoms with Gasteiger partial charge in [-0.25, -0.2) is 9.78 Å². The topological polar surface area (TPSA) is 111 Å². The van der Waals surface area contributed by atoms with Crippen LogP contribution in [-0.4, -0.2) is 48.2 Å². The van der Waals surface area contributed by atoms with E-state index in [4.69, 9.17) is 9.47 Å². The van der Waals surface area contributed by atoms with Crippen molar-refractivity contribution in [2.45, 2.75) is 38.4 Å². The summed E-state index contributed by atoms with van der Waals surface area (Å²) in [6, 6.07) is 9.28. The van der Waals surface area contributed by atoms with Gasteiger partial charge >= 0.3 is 5.69 Å². The molecule has 142 valence electrons. The number of para-hydroxylation sites is 1. The number of fused-ring (bicyclic) bond motifs is 1. The van der Waals surface area contributed by atoms with Gasteiger partial charge < -0.3 is 19.7 Å². The Kier molecular flexibility index (Phi) is 4.65. The molecule has 1 saturated heterocycles. The standard InChI is InChI=1S/C18H20N4O5/c1-11-8-21(16-7-13(24)14(9-23)27-16)18(25)22-17(11)19-15(20-22)10-26-12-5-3-2-4-6-12/h2-6,8,13-14,16,23-24H,7,9-10H2,1H3/t13-,14+,16+/m0/s1. The van der Waals surface area contributed by atoms with Crippen molar-refractivity contribution in [3.05, 3.63) is 58.4 Å². The van der Waals surface area contributed by atoms with Gasteiger partial charge in [0.1, 0.15) is 24.7 Å². The number of rotatable bonds is 5. The van der Waals surface area contributed by atoms with Crippen LogP contribution in [-0.2, 0) is 11.3 Å². The number of aryl methyl sites for hydroxylation is 1. The van der Waals surface area contributed by atoms with Gasteiger partial charge in [-0.3, -0.25) is 4.57 Å². The van der Waals surface area contributed by atoms with E-state index in [9.17, 15) is 15.0 Å². The van der Waals surface area contributed by atoms with E-state index in [2.05, 4.69) is 10.1 Å². The summed E-state index contributed by atoms with van der Waals surface area (Å²) in [6.45, 7) is 1.64. The summed E-state index contributed by atoms with van der Waals surface area (Å²) in [7, 11) is 0. The van der Waals surface area contributed by atoms with Crippen molar-refractivity contribution in [3.8, 4) is 5.75 Å². The third-order valence-electron chi connectivity index (χ3n) is 4.54. The smallest absolute Gasteiger partial charge is 0.352 e. The van der Waals surface area contributed by atoms with E-state index in [1.807, 2.05) is 37.3 Å². The van der Waals surface area contributed by atoms with E-state index in [-0.39, 0.29) is 19.6 Å². The molecule has 1 aromatic carbocycles. The predicted octanol–water partition coefficient (Wildman–Crippen LogP) is 0.419. The highest BCUT2D eigenvalue weighted by atomic mass is 16.5. The van der Waals surface area contributed by atoms with Crippen molar-refractivity contribution in [3.63, 3.8) is 0 Å². The van der Waals surface area contributed by atoms with E-state index in [0.29, 0.717) is 17.2 Å². The third kappa shape index (κ3) is 3.32. The fourth-order valence-corrected chi connectivity index (χ4v) is 3.16. The minimum Gasteiger partial charge on any atom is -0.486 e. The number of hydrogen-bond acceptors (Lipinski definition) is 7. The highest BCUT2D eigenvalue weighted by Gasteiger charge is 2.35. The zero-order chi connectivity index (χ0) is 19.0. The minimum absolute atomic E-state index is 0.135. The normalized spacial score (nSPS) is 22.4. The van der Waals surface area contributed by atoms with Crippen LogP contribution < -0.4 is 10.4 Å². The lowest BCUT2D eigenvalue weighted by Gasteiger charge is -2.15. The number of benzene rings is 1. The summed E-state index contributed by atoms with van der Waals surface area (Å²) in [5.41, 5.74) is 0.753. The van der Waals surface area contributed by atoms with Crippen LogP contribution >= 0.6 is 0 Å². The maximum atomic E-state index is 12.8. The maximum absolute atomic E-state index is 12.8. The SMILES string of the molecule is Cc1cn([C@H]2C[C@H](O)[C@@H](CO)O2)c(=O)n2nc(COc3ccccc3)nc12. The summed E-state index contributed by atoms with van der Waals surface area (Å²) in [6.07, 6.45) is -0.349. The lowest BCUT2D eigenvalue weighted by Crippen LogP contribution is -2.31. The molecule has 2 N–H and O–H groups in total. The van der Waals surface area contributed by atoms with E-state index >= 15 is 0 Å². The van der Waals surface area contributed by atoms with E-state index < -0.39 is 24.1 Å². The number of aromatic nitrogens is 4. The molecule has 0 spiro atoms. The number of hydrogen-bond donors (Lipinski definition) is 2. The molecule has 3 aromatic rings. The van der Waals surface area contributed by atoms with Gasteiger partial charge in [-0.15, -0.1) is 5.10 Å². The molecular weight excluding hydrogens is 352 g/mol. The van der Waals surface area contributed by atoms with Gasteiger partial charge in [0, 0.05) is 18.2 Å². The lowest BCUT2D eigenvalue weighted by molar-refractivity contribution is -0.0461. The van der Waals surface area contributed by atoms with Gasteiger partial charge in [-0.05, 0) is 19.1 Å². The van der Waals surface area contributed by atoms with Gasteiger partial charge in [0.25, 0.3) is 0 Å². The first kappa shape index (κ1) is 17.7. The largest absolute Gasteiger partial charge is 0.486 e. The van der Waals surface area contributed by atoms with Gasteiger partial charge in [-0.2, -0.15) is 4.52 Å². The highest BCUT2D eigenvalue weighted by Crippen LogP contribution is 2.27. The summed E-state index contributed by atoms with van der Waals surface area (Å²) in [4.78, 5) is 17.2. The first-order chi connectivity index (χ1) is 13.1.